The van der Waals surface area contributed by atoms with Crippen LogP contribution in [-0.2, 0) is 10.8 Å². The first-order valence-electron chi connectivity index (χ1n) is 27.6. The molecule has 0 aliphatic heterocycles. The Kier molecular flexibility index (Phi) is 8.92. The summed E-state index contributed by atoms with van der Waals surface area (Å²) in [7, 11) is 0. The van der Waals surface area contributed by atoms with E-state index in [0.29, 0.717) is 0 Å². The van der Waals surface area contributed by atoms with E-state index in [1.54, 1.807) is 0 Å². The van der Waals surface area contributed by atoms with Gasteiger partial charge in [0.15, 0.2) is 0 Å². The molecule has 0 atom stereocenters. The molecule has 0 heteroatoms. The maximum atomic E-state index is 2.53. The average molecular weight is 987 g/mol. The molecular formula is C78H50. The van der Waals surface area contributed by atoms with Crippen molar-refractivity contribution in [2.75, 3.05) is 0 Å². The molecule has 0 saturated heterocycles. The minimum Gasteiger partial charge on any atom is -0.0620 e. The summed E-state index contributed by atoms with van der Waals surface area (Å²) in [5.74, 6) is 0. The molecule has 0 bridgehead atoms. The number of benzene rings is 13. The predicted octanol–water partition coefficient (Wildman–Crippen LogP) is 20.0. The van der Waals surface area contributed by atoms with Crippen LogP contribution in [0.5, 0.6) is 0 Å². The summed E-state index contributed by atoms with van der Waals surface area (Å²) >= 11 is 0. The van der Waals surface area contributed by atoms with Crippen LogP contribution >= 0.6 is 0 Å². The normalized spacial score (nSPS) is 14.0. The van der Waals surface area contributed by atoms with Gasteiger partial charge in [-0.2, -0.15) is 0 Å². The smallest absolute Gasteiger partial charge is 0.0620 e. The second-order valence-electron chi connectivity index (χ2n) is 22.2. The van der Waals surface area contributed by atoms with Gasteiger partial charge in [-0.05, 0) is 204 Å². The van der Waals surface area contributed by atoms with Crippen LogP contribution in [-0.4, -0.2) is 0 Å². The lowest BCUT2D eigenvalue weighted by Crippen LogP contribution is -2.25. The van der Waals surface area contributed by atoms with Gasteiger partial charge >= 0.3 is 0 Å². The van der Waals surface area contributed by atoms with Crippen molar-refractivity contribution in [3.05, 3.63) is 323 Å². The molecule has 0 amide bonds. The zero-order valence-corrected chi connectivity index (χ0v) is 43.4. The number of hydrogen-bond acceptors (Lipinski definition) is 0. The lowest BCUT2D eigenvalue weighted by Gasteiger charge is -2.30. The van der Waals surface area contributed by atoms with E-state index < -0.39 is 10.8 Å². The zero-order valence-electron chi connectivity index (χ0n) is 43.4. The largest absolute Gasteiger partial charge is 0.0725 e. The van der Waals surface area contributed by atoms with Gasteiger partial charge in [-0.1, -0.05) is 243 Å². The monoisotopic (exact) mass is 986 g/mol. The van der Waals surface area contributed by atoms with Crippen LogP contribution in [0, 0.1) is 13.8 Å². The van der Waals surface area contributed by atoms with Crippen molar-refractivity contribution in [1.29, 1.82) is 0 Å². The van der Waals surface area contributed by atoms with Crippen LogP contribution in [0.1, 0.15) is 55.6 Å². The molecular weight excluding hydrogens is 937 g/mol. The molecule has 0 fully saturated rings. The van der Waals surface area contributed by atoms with E-state index in [0.717, 1.165) is 0 Å². The first-order chi connectivity index (χ1) is 38.5. The fourth-order valence-electron chi connectivity index (χ4n) is 15.4. The molecule has 0 nitrogen and oxygen atoms in total. The molecule has 17 rings (SSSR count). The van der Waals surface area contributed by atoms with Crippen LogP contribution in [0.2, 0.25) is 0 Å². The molecule has 0 radical (unpaired) electrons. The van der Waals surface area contributed by atoms with Gasteiger partial charge in [0.1, 0.15) is 0 Å². The molecule has 78 heavy (non-hydrogen) atoms. The standard InChI is InChI=1S/C78H50/c1-47-19-3-5-21-53(47)75-63-41-37-50(52-36-40-62-60-28-12-18-34-72(60)78(74(62)46-52)69-31-15-9-25-57(69)58-26-10-16-32-70(58)78)44-66(63)76(54-22-6-4-20-48(54)2)64-42-38-49(43-65(64)75)51-35-39-61-59-27-11-17-33-71(59)77(73(61)45-51)67-29-13-7-23-55(67)56-24-8-14-30-68(56)77/h3-46H,1-2H3. The third-order valence-electron chi connectivity index (χ3n) is 18.6. The molecule has 0 aromatic heterocycles. The second-order valence-corrected chi connectivity index (χ2v) is 22.2. The van der Waals surface area contributed by atoms with Gasteiger partial charge in [-0.25, -0.2) is 0 Å². The van der Waals surface area contributed by atoms with Gasteiger partial charge in [0.2, 0.25) is 0 Å². The van der Waals surface area contributed by atoms with Crippen LogP contribution in [0.25, 0.3) is 111 Å². The summed E-state index contributed by atoms with van der Waals surface area (Å²) < 4.78 is 0. The highest BCUT2D eigenvalue weighted by Crippen LogP contribution is 2.65. The van der Waals surface area contributed by atoms with Gasteiger partial charge in [-0.3, -0.25) is 0 Å². The van der Waals surface area contributed by atoms with E-state index in [1.807, 2.05) is 0 Å². The lowest BCUT2D eigenvalue weighted by molar-refractivity contribution is 0.794. The highest BCUT2D eigenvalue weighted by molar-refractivity contribution is 6.23. The van der Waals surface area contributed by atoms with Crippen molar-refractivity contribution in [3.63, 3.8) is 0 Å². The van der Waals surface area contributed by atoms with Crippen molar-refractivity contribution >= 4 is 21.5 Å². The first kappa shape index (κ1) is 43.6. The number of fused-ring (bicyclic) bond motifs is 22. The van der Waals surface area contributed by atoms with E-state index in [-0.39, 0.29) is 0 Å². The van der Waals surface area contributed by atoms with Crippen molar-refractivity contribution in [1.82, 2.24) is 0 Å². The summed E-state index contributed by atoms with van der Waals surface area (Å²) in [6.45, 7) is 4.54. The molecule has 0 unspecified atom stereocenters. The molecule has 13 aromatic rings. The zero-order chi connectivity index (χ0) is 51.4. The lowest BCUT2D eigenvalue weighted by atomic mass is 9.70. The van der Waals surface area contributed by atoms with E-state index in [1.165, 1.54) is 166 Å². The average Bonchev–Trinajstić information content (AvgIpc) is 4.36. The third kappa shape index (κ3) is 5.54. The van der Waals surface area contributed by atoms with Crippen molar-refractivity contribution < 1.29 is 0 Å². The summed E-state index contributed by atoms with van der Waals surface area (Å²) in [5, 5.41) is 5.02. The Morgan fingerprint density at radius 1 is 0.192 bits per heavy atom. The Balaban J connectivity index is 0.907. The van der Waals surface area contributed by atoms with Gasteiger partial charge in [0, 0.05) is 0 Å². The van der Waals surface area contributed by atoms with Crippen LogP contribution in [0.4, 0.5) is 0 Å². The molecule has 4 aliphatic carbocycles. The summed E-state index contributed by atoms with van der Waals surface area (Å²) in [4.78, 5) is 0. The molecule has 362 valence electrons. The Morgan fingerprint density at radius 2 is 0.436 bits per heavy atom. The van der Waals surface area contributed by atoms with Gasteiger partial charge in [0.25, 0.3) is 0 Å². The van der Waals surface area contributed by atoms with Gasteiger partial charge in [-0.15, -0.1) is 0 Å². The Hall–Kier alpha value is -9.62. The van der Waals surface area contributed by atoms with E-state index >= 15 is 0 Å². The molecule has 13 aromatic carbocycles. The fourth-order valence-corrected chi connectivity index (χ4v) is 15.4. The minimum atomic E-state index is -0.417. The fraction of sp³-hybridized carbons (Fsp3) is 0.0513. The summed E-state index contributed by atoms with van der Waals surface area (Å²) in [6, 6.07) is 102. The Bertz CT molecular complexity index is 4340. The number of rotatable bonds is 4. The first-order valence-corrected chi connectivity index (χ1v) is 27.6. The third-order valence-corrected chi connectivity index (χ3v) is 18.6. The Labute approximate surface area is 455 Å². The van der Waals surface area contributed by atoms with E-state index in [9.17, 15) is 0 Å². The van der Waals surface area contributed by atoms with E-state index in [2.05, 4.69) is 281 Å². The maximum Gasteiger partial charge on any atom is 0.0725 e. The molecule has 0 saturated carbocycles. The van der Waals surface area contributed by atoms with Crippen molar-refractivity contribution in [2.45, 2.75) is 24.7 Å². The number of hydrogen-bond donors (Lipinski definition) is 0. The van der Waals surface area contributed by atoms with Crippen LogP contribution < -0.4 is 0 Å². The topological polar surface area (TPSA) is 0 Å². The van der Waals surface area contributed by atoms with E-state index in [4.69, 9.17) is 0 Å². The molecule has 4 aliphatic rings. The SMILES string of the molecule is Cc1ccccc1-c1c2ccc(-c3ccc4c(c3)C3(c5ccccc5-c5ccccc53)c3ccccc3-4)cc2c(-c2ccccc2C)c2ccc(-c3ccc4c(c3)C3(c5ccccc5-c5ccccc53)c3ccccc3-4)cc12. The predicted molar refractivity (Wildman–Crippen MR) is 325 cm³/mol. The highest BCUT2D eigenvalue weighted by Gasteiger charge is 2.53. The van der Waals surface area contributed by atoms with Gasteiger partial charge in [0.05, 0.1) is 10.8 Å². The van der Waals surface area contributed by atoms with Gasteiger partial charge < -0.3 is 0 Å². The quantitative estimate of drug-likeness (QED) is 0.154. The molecule has 0 heterocycles. The second kappa shape index (κ2) is 16.0. The molecule has 2 spiro atoms. The molecule has 0 N–H and O–H groups in total. The number of aryl methyl sites for hydroxylation is 2. The summed E-state index contributed by atoms with van der Waals surface area (Å²) in [5.41, 5.74) is 33.0. The Morgan fingerprint density at radius 3 is 0.744 bits per heavy atom. The van der Waals surface area contributed by atoms with Crippen molar-refractivity contribution in [3.8, 4) is 89.0 Å². The minimum absolute atomic E-state index is 0.417. The summed E-state index contributed by atoms with van der Waals surface area (Å²) in [6.07, 6.45) is 0. The van der Waals surface area contributed by atoms with Crippen molar-refractivity contribution in [2.24, 2.45) is 0 Å². The maximum absolute atomic E-state index is 2.53. The van der Waals surface area contributed by atoms with Crippen LogP contribution in [0.15, 0.2) is 267 Å². The van der Waals surface area contributed by atoms with Crippen LogP contribution in [0.3, 0.4) is 0 Å². The highest BCUT2D eigenvalue weighted by atomic mass is 14.5.